The third-order valence-electron chi connectivity index (χ3n) is 3.02. The molecule has 1 aliphatic rings. The number of carboxylic acids is 1. The SMILES string of the molecule is O=C(O)C(c1cccc(F)c1F)N1CCCC1. The summed E-state index contributed by atoms with van der Waals surface area (Å²) in [6.07, 6.45) is 1.78. The first-order valence-electron chi connectivity index (χ1n) is 5.52. The van der Waals surface area contributed by atoms with Gasteiger partial charge in [-0.05, 0) is 32.0 Å². The van der Waals surface area contributed by atoms with Gasteiger partial charge in [0.25, 0.3) is 0 Å². The zero-order valence-corrected chi connectivity index (χ0v) is 9.20. The lowest BCUT2D eigenvalue weighted by molar-refractivity contribution is -0.143. The maximum atomic E-state index is 13.6. The van der Waals surface area contributed by atoms with Gasteiger partial charge in [-0.15, -0.1) is 0 Å². The summed E-state index contributed by atoms with van der Waals surface area (Å²) in [5, 5.41) is 9.17. The van der Waals surface area contributed by atoms with Gasteiger partial charge in [-0.1, -0.05) is 12.1 Å². The Morgan fingerprint density at radius 3 is 2.53 bits per heavy atom. The van der Waals surface area contributed by atoms with Crippen LogP contribution in [0.4, 0.5) is 8.78 Å². The van der Waals surface area contributed by atoms with E-state index in [2.05, 4.69) is 0 Å². The highest BCUT2D eigenvalue weighted by molar-refractivity contribution is 5.75. The van der Waals surface area contributed by atoms with Gasteiger partial charge in [0, 0.05) is 5.56 Å². The first-order chi connectivity index (χ1) is 8.11. The van der Waals surface area contributed by atoms with E-state index in [0.29, 0.717) is 13.1 Å². The number of hydrogen-bond donors (Lipinski definition) is 1. The number of carbonyl (C=O) groups is 1. The Hall–Kier alpha value is -1.49. The van der Waals surface area contributed by atoms with Crippen LogP contribution in [-0.4, -0.2) is 29.1 Å². The number of halogens is 2. The van der Waals surface area contributed by atoms with Crippen molar-refractivity contribution in [1.82, 2.24) is 4.90 Å². The van der Waals surface area contributed by atoms with Crippen molar-refractivity contribution in [3.63, 3.8) is 0 Å². The fourth-order valence-corrected chi connectivity index (χ4v) is 2.22. The number of nitrogens with zero attached hydrogens (tertiary/aromatic N) is 1. The van der Waals surface area contributed by atoms with Crippen molar-refractivity contribution in [2.75, 3.05) is 13.1 Å². The summed E-state index contributed by atoms with van der Waals surface area (Å²) in [5.74, 6) is -3.21. The van der Waals surface area contributed by atoms with Crippen LogP contribution < -0.4 is 0 Å². The van der Waals surface area contributed by atoms with Gasteiger partial charge in [-0.3, -0.25) is 9.69 Å². The van der Waals surface area contributed by atoms with Gasteiger partial charge in [0.2, 0.25) is 0 Å². The average molecular weight is 241 g/mol. The summed E-state index contributed by atoms with van der Waals surface area (Å²) in [7, 11) is 0. The molecule has 0 aliphatic carbocycles. The van der Waals surface area contributed by atoms with Crippen LogP contribution >= 0.6 is 0 Å². The molecule has 1 atom stereocenters. The Labute approximate surface area is 97.7 Å². The van der Waals surface area contributed by atoms with E-state index in [1.807, 2.05) is 0 Å². The summed E-state index contributed by atoms with van der Waals surface area (Å²) < 4.78 is 26.7. The molecule has 2 rings (SSSR count). The van der Waals surface area contributed by atoms with Gasteiger partial charge in [0.15, 0.2) is 11.6 Å². The van der Waals surface area contributed by atoms with Crippen LogP contribution in [0.25, 0.3) is 0 Å². The van der Waals surface area contributed by atoms with E-state index in [1.54, 1.807) is 4.90 Å². The van der Waals surface area contributed by atoms with Crippen molar-refractivity contribution in [3.8, 4) is 0 Å². The second-order valence-corrected chi connectivity index (χ2v) is 4.13. The van der Waals surface area contributed by atoms with Crippen molar-refractivity contribution in [2.24, 2.45) is 0 Å². The molecule has 1 aromatic carbocycles. The van der Waals surface area contributed by atoms with E-state index >= 15 is 0 Å². The molecule has 17 heavy (non-hydrogen) atoms. The van der Waals surface area contributed by atoms with Crippen LogP contribution in [0.1, 0.15) is 24.4 Å². The molecule has 3 nitrogen and oxygen atoms in total. The van der Waals surface area contributed by atoms with E-state index in [-0.39, 0.29) is 5.56 Å². The van der Waals surface area contributed by atoms with Gasteiger partial charge in [-0.2, -0.15) is 0 Å². The first kappa shape index (κ1) is 12.0. The third kappa shape index (κ3) is 2.29. The van der Waals surface area contributed by atoms with Gasteiger partial charge in [-0.25, -0.2) is 8.78 Å². The van der Waals surface area contributed by atoms with Crippen molar-refractivity contribution >= 4 is 5.97 Å². The molecule has 92 valence electrons. The van der Waals surface area contributed by atoms with Gasteiger partial charge >= 0.3 is 5.97 Å². The number of hydrogen-bond acceptors (Lipinski definition) is 2. The van der Waals surface area contributed by atoms with E-state index in [9.17, 15) is 18.7 Å². The zero-order valence-electron chi connectivity index (χ0n) is 9.20. The predicted octanol–water partition coefficient (Wildman–Crippen LogP) is 2.19. The molecule has 1 unspecified atom stereocenters. The Kier molecular flexibility index (Phi) is 3.38. The van der Waals surface area contributed by atoms with Gasteiger partial charge < -0.3 is 5.11 Å². The Morgan fingerprint density at radius 1 is 1.29 bits per heavy atom. The summed E-state index contributed by atoms with van der Waals surface area (Å²) >= 11 is 0. The van der Waals surface area contributed by atoms with Crippen LogP contribution in [0, 0.1) is 11.6 Å². The maximum Gasteiger partial charge on any atom is 0.325 e. The Bertz CT molecular complexity index is 431. The monoisotopic (exact) mass is 241 g/mol. The van der Waals surface area contributed by atoms with Crippen LogP contribution in [-0.2, 0) is 4.79 Å². The fourth-order valence-electron chi connectivity index (χ4n) is 2.22. The minimum absolute atomic E-state index is 0.0978. The molecule has 5 heteroatoms. The van der Waals surface area contributed by atoms with Crippen molar-refractivity contribution in [3.05, 3.63) is 35.4 Å². The lowest BCUT2D eigenvalue weighted by Gasteiger charge is -2.24. The molecule has 0 radical (unpaired) electrons. The van der Waals surface area contributed by atoms with Crippen molar-refractivity contribution < 1.29 is 18.7 Å². The van der Waals surface area contributed by atoms with Crippen LogP contribution in [0.5, 0.6) is 0 Å². The molecule has 1 aromatic rings. The summed E-state index contributed by atoms with van der Waals surface area (Å²) in [6.45, 7) is 1.21. The van der Waals surface area contributed by atoms with Gasteiger partial charge in [0.1, 0.15) is 6.04 Å². The van der Waals surface area contributed by atoms with Crippen LogP contribution in [0.3, 0.4) is 0 Å². The molecule has 0 bridgehead atoms. The highest BCUT2D eigenvalue weighted by Crippen LogP contribution is 2.28. The van der Waals surface area contributed by atoms with Crippen LogP contribution in [0.2, 0.25) is 0 Å². The summed E-state index contributed by atoms with van der Waals surface area (Å²) in [4.78, 5) is 12.9. The maximum absolute atomic E-state index is 13.6. The molecular formula is C12H13F2NO2. The highest BCUT2D eigenvalue weighted by Gasteiger charge is 2.32. The lowest BCUT2D eigenvalue weighted by Crippen LogP contribution is -2.32. The van der Waals surface area contributed by atoms with Gasteiger partial charge in [0.05, 0.1) is 0 Å². The van der Waals surface area contributed by atoms with E-state index in [1.165, 1.54) is 12.1 Å². The second kappa shape index (κ2) is 4.79. The van der Waals surface area contributed by atoms with E-state index < -0.39 is 23.6 Å². The summed E-state index contributed by atoms with van der Waals surface area (Å²) in [6, 6.07) is 2.56. The number of aliphatic carboxylic acids is 1. The molecular weight excluding hydrogens is 228 g/mol. The molecule has 1 fully saturated rings. The predicted molar refractivity (Wildman–Crippen MR) is 57.5 cm³/mol. The molecule has 0 aromatic heterocycles. The summed E-state index contributed by atoms with van der Waals surface area (Å²) in [5.41, 5.74) is -0.0978. The first-order valence-corrected chi connectivity index (χ1v) is 5.52. The number of likely N-dealkylation sites (tertiary alicyclic amines) is 1. The average Bonchev–Trinajstić information content (AvgIpc) is 2.77. The Morgan fingerprint density at radius 2 is 1.94 bits per heavy atom. The lowest BCUT2D eigenvalue weighted by atomic mass is 10.0. The number of rotatable bonds is 3. The van der Waals surface area contributed by atoms with E-state index in [0.717, 1.165) is 18.9 Å². The second-order valence-electron chi connectivity index (χ2n) is 4.13. The number of carboxylic acid groups (broad SMARTS) is 1. The minimum atomic E-state index is -1.14. The molecule has 1 heterocycles. The van der Waals surface area contributed by atoms with Crippen molar-refractivity contribution in [1.29, 1.82) is 0 Å². The molecule has 1 N–H and O–H groups in total. The van der Waals surface area contributed by atoms with Crippen LogP contribution in [0.15, 0.2) is 18.2 Å². The Balaban J connectivity index is 2.38. The standard InChI is InChI=1S/C12H13F2NO2/c13-9-5-3-4-8(10(9)14)11(12(16)17)15-6-1-2-7-15/h3-5,11H,1-2,6-7H2,(H,16,17). The zero-order chi connectivity index (χ0) is 12.4. The fraction of sp³-hybridized carbons (Fsp3) is 0.417. The quantitative estimate of drug-likeness (QED) is 0.881. The topological polar surface area (TPSA) is 40.5 Å². The molecule has 0 amide bonds. The molecule has 0 spiro atoms. The largest absolute Gasteiger partial charge is 0.480 e. The molecule has 0 saturated carbocycles. The normalized spacial score (nSPS) is 18.2. The highest BCUT2D eigenvalue weighted by atomic mass is 19.2. The smallest absolute Gasteiger partial charge is 0.325 e. The molecule has 1 aliphatic heterocycles. The van der Waals surface area contributed by atoms with E-state index in [4.69, 9.17) is 0 Å². The minimum Gasteiger partial charge on any atom is -0.480 e. The number of benzene rings is 1. The molecule has 1 saturated heterocycles. The van der Waals surface area contributed by atoms with Crippen molar-refractivity contribution in [2.45, 2.75) is 18.9 Å². The third-order valence-corrected chi connectivity index (χ3v) is 3.02.